The van der Waals surface area contributed by atoms with Gasteiger partial charge in [-0.2, -0.15) is 0 Å². The maximum atomic E-state index is 13.9. The summed E-state index contributed by atoms with van der Waals surface area (Å²) in [4.78, 5) is 55.3. The van der Waals surface area contributed by atoms with Crippen LogP contribution in [0.5, 0.6) is 5.75 Å². The fourth-order valence-corrected chi connectivity index (χ4v) is 9.47. The smallest absolute Gasteiger partial charge is 0.358 e. The van der Waals surface area contributed by atoms with Gasteiger partial charge in [0.15, 0.2) is 10.8 Å². The van der Waals surface area contributed by atoms with Gasteiger partial charge in [-0.15, -0.1) is 0 Å². The lowest BCUT2D eigenvalue weighted by Gasteiger charge is -2.40. The van der Waals surface area contributed by atoms with Crippen molar-refractivity contribution in [1.82, 2.24) is 19.8 Å². The number of para-hydroxylation sites is 1. The molecule has 3 aliphatic heterocycles. The molecule has 0 spiro atoms. The van der Waals surface area contributed by atoms with Gasteiger partial charge in [0, 0.05) is 55.9 Å². The lowest BCUT2D eigenvalue weighted by Crippen LogP contribution is -2.55. The molecule has 0 aliphatic carbocycles. The Morgan fingerprint density at radius 3 is 2.47 bits per heavy atom. The van der Waals surface area contributed by atoms with Crippen LogP contribution in [0, 0.1) is 6.92 Å². The normalized spacial score (nSPS) is 18.2. The summed E-state index contributed by atoms with van der Waals surface area (Å²) < 4.78 is 13.3. The Morgan fingerprint density at radius 1 is 0.931 bits per heavy atom. The van der Waals surface area contributed by atoms with Gasteiger partial charge in [-0.3, -0.25) is 19.8 Å². The summed E-state index contributed by atoms with van der Waals surface area (Å²) in [6.07, 6.45) is 3.65. The Morgan fingerprint density at radius 2 is 1.71 bits per heavy atom. The number of thiazole rings is 1. The first kappa shape index (κ1) is 39.5. The zero-order chi connectivity index (χ0) is 40.6. The molecule has 302 valence electrons. The highest BCUT2D eigenvalue weighted by Gasteiger charge is 2.40. The molecule has 0 unspecified atom stereocenters. The molecule has 13 heteroatoms. The van der Waals surface area contributed by atoms with E-state index in [4.69, 9.17) is 14.5 Å². The number of anilines is 2. The lowest BCUT2D eigenvalue weighted by atomic mass is 9.94. The summed E-state index contributed by atoms with van der Waals surface area (Å²) in [7, 11) is 0. The van der Waals surface area contributed by atoms with Gasteiger partial charge in [0.2, 0.25) is 0 Å². The van der Waals surface area contributed by atoms with Crippen molar-refractivity contribution >= 4 is 50.3 Å². The van der Waals surface area contributed by atoms with E-state index in [-0.39, 0.29) is 18.1 Å². The highest BCUT2D eigenvalue weighted by molar-refractivity contribution is 7.22. The van der Waals surface area contributed by atoms with Crippen molar-refractivity contribution in [2.24, 2.45) is 0 Å². The largest absolute Gasteiger partial charge is 0.493 e. The minimum atomic E-state index is -0.756. The molecule has 0 saturated carbocycles. The average Bonchev–Trinajstić information content (AvgIpc) is 3.69. The summed E-state index contributed by atoms with van der Waals surface area (Å²) >= 11 is 1.45. The second kappa shape index (κ2) is 16.5. The topological polar surface area (TPSA) is 137 Å². The molecule has 3 aromatic carbocycles. The SMILES string of the molecule is Cc1c(OCCCN2C[C@H]3CC[C@@H](C2)N3CC(=O)O)cccc1-c1ccc(N2CCc3cccc(C(=O)Nc4nc5ccccc5s4)c3C2)nc1C(=O)OC(C)(C)C. The number of piperazine rings is 1. The van der Waals surface area contributed by atoms with E-state index in [1.807, 2.05) is 94.4 Å². The predicted molar refractivity (Wildman–Crippen MR) is 226 cm³/mol. The molecular weight excluding hydrogens is 753 g/mol. The van der Waals surface area contributed by atoms with E-state index < -0.39 is 17.5 Å². The number of nitrogens with one attached hydrogen (secondary N) is 1. The zero-order valence-corrected chi connectivity index (χ0v) is 34.3. The monoisotopic (exact) mass is 802 g/mol. The number of likely N-dealkylation sites (tertiary alicyclic amines) is 1. The minimum Gasteiger partial charge on any atom is -0.493 e. The second-order valence-corrected chi connectivity index (χ2v) is 17.5. The minimum absolute atomic E-state index is 0.122. The third-order valence-electron chi connectivity index (χ3n) is 11.3. The van der Waals surface area contributed by atoms with Gasteiger partial charge in [0.05, 0.1) is 23.4 Å². The number of aliphatic carboxylic acids is 1. The first-order valence-corrected chi connectivity index (χ1v) is 20.9. The quantitative estimate of drug-likeness (QED) is 0.0962. The lowest BCUT2D eigenvalue weighted by molar-refractivity contribution is -0.140. The zero-order valence-electron chi connectivity index (χ0n) is 33.5. The van der Waals surface area contributed by atoms with Crippen LogP contribution in [0.15, 0.2) is 72.8 Å². The first-order chi connectivity index (χ1) is 27.9. The van der Waals surface area contributed by atoms with Crippen LogP contribution in [0.3, 0.4) is 0 Å². The molecule has 2 N–H and O–H groups in total. The van der Waals surface area contributed by atoms with E-state index in [0.717, 1.165) is 77.1 Å². The maximum Gasteiger partial charge on any atom is 0.358 e. The van der Waals surface area contributed by atoms with Crippen LogP contribution in [0.25, 0.3) is 21.3 Å². The first-order valence-electron chi connectivity index (χ1n) is 20.1. The Balaban J connectivity index is 0.987. The second-order valence-electron chi connectivity index (χ2n) is 16.5. The van der Waals surface area contributed by atoms with Crippen molar-refractivity contribution in [2.75, 3.05) is 49.5 Å². The van der Waals surface area contributed by atoms with E-state index in [1.165, 1.54) is 11.3 Å². The van der Waals surface area contributed by atoms with Gasteiger partial charge in [0.1, 0.15) is 17.2 Å². The van der Waals surface area contributed by atoms with Crippen molar-refractivity contribution in [3.8, 4) is 16.9 Å². The molecule has 5 aromatic rings. The van der Waals surface area contributed by atoms with E-state index in [0.29, 0.717) is 60.3 Å². The molecular formula is C45H50N6O6S. The number of hydrogen-bond donors (Lipinski definition) is 2. The maximum absolute atomic E-state index is 13.9. The van der Waals surface area contributed by atoms with Crippen molar-refractivity contribution < 1.29 is 29.0 Å². The molecule has 12 nitrogen and oxygen atoms in total. The summed E-state index contributed by atoms with van der Waals surface area (Å²) in [6.45, 7) is 12.0. The number of rotatable bonds is 12. The van der Waals surface area contributed by atoms with Crippen molar-refractivity contribution in [2.45, 2.75) is 77.6 Å². The van der Waals surface area contributed by atoms with Gasteiger partial charge < -0.3 is 24.4 Å². The molecule has 0 radical (unpaired) electrons. The van der Waals surface area contributed by atoms with Gasteiger partial charge in [-0.25, -0.2) is 14.8 Å². The number of fused-ring (bicyclic) bond motifs is 4. The predicted octanol–water partition coefficient (Wildman–Crippen LogP) is 7.44. The number of nitrogens with zero attached hydrogens (tertiary/aromatic N) is 5. The Bertz CT molecular complexity index is 2310. The summed E-state index contributed by atoms with van der Waals surface area (Å²) in [5, 5.41) is 12.9. The number of carbonyl (C=O) groups is 3. The molecule has 1 amide bonds. The van der Waals surface area contributed by atoms with Crippen LogP contribution in [0.4, 0.5) is 10.9 Å². The van der Waals surface area contributed by atoms with E-state index in [9.17, 15) is 19.5 Å². The molecule has 8 rings (SSSR count). The van der Waals surface area contributed by atoms with E-state index >= 15 is 0 Å². The number of benzene rings is 3. The molecule has 2 aromatic heterocycles. The number of carboxylic acids is 1. The summed E-state index contributed by atoms with van der Waals surface area (Å²) in [6, 6.07) is 24.0. The third kappa shape index (κ3) is 8.57. The van der Waals surface area contributed by atoms with Crippen LogP contribution in [-0.2, 0) is 22.5 Å². The van der Waals surface area contributed by atoms with Crippen molar-refractivity contribution in [3.05, 3.63) is 101 Å². The van der Waals surface area contributed by atoms with Crippen molar-refractivity contribution in [3.63, 3.8) is 0 Å². The number of carboxylic acid groups (broad SMARTS) is 1. The summed E-state index contributed by atoms with van der Waals surface area (Å²) in [5.41, 5.74) is 5.34. The van der Waals surface area contributed by atoms with Gasteiger partial charge in [0.25, 0.3) is 5.91 Å². The Labute approximate surface area is 342 Å². The Kier molecular flexibility index (Phi) is 11.2. The number of ether oxygens (including phenoxy) is 2. The standard InChI is InChI=1S/C45H50N6O6S/c1-28-32(11-8-14-37(28)56-23-9-21-49-24-30-16-17-31(25-49)51(30)27-40(52)53)33-18-19-39(47-41(33)43(55)57-45(2,3)4)50-22-20-29-10-7-12-34(35(29)26-50)42(54)48-44-46-36-13-5-6-15-38(36)58-44/h5-8,10-15,18-19,30-31H,9,16-17,20-27H2,1-4H3,(H,52,53)(H,46,48,54)/t30-,31+. The molecule has 5 heterocycles. The third-order valence-corrected chi connectivity index (χ3v) is 12.3. The van der Waals surface area contributed by atoms with Crippen LogP contribution >= 0.6 is 11.3 Å². The highest BCUT2D eigenvalue weighted by atomic mass is 32.1. The van der Waals surface area contributed by atoms with Crippen LogP contribution in [0.1, 0.15) is 77.6 Å². The molecule has 2 atom stereocenters. The number of carbonyl (C=O) groups excluding carboxylic acids is 2. The number of hydrogen-bond acceptors (Lipinski definition) is 11. The molecule has 58 heavy (non-hydrogen) atoms. The number of aromatic nitrogens is 2. The number of esters is 1. The number of amides is 1. The molecule has 3 aliphatic rings. The van der Waals surface area contributed by atoms with E-state index in [1.54, 1.807) is 0 Å². The van der Waals surface area contributed by atoms with Crippen LogP contribution in [-0.4, -0.2) is 99.7 Å². The summed E-state index contributed by atoms with van der Waals surface area (Å²) in [5.74, 6) is -0.115. The fraction of sp³-hybridized carbons (Fsp3) is 0.400. The van der Waals surface area contributed by atoms with Crippen LogP contribution in [0.2, 0.25) is 0 Å². The van der Waals surface area contributed by atoms with E-state index in [2.05, 4.69) is 31.1 Å². The molecule has 2 fully saturated rings. The molecule has 2 bridgehead atoms. The molecule has 2 saturated heterocycles. The van der Waals surface area contributed by atoms with Crippen LogP contribution < -0.4 is 15.0 Å². The fourth-order valence-electron chi connectivity index (χ4n) is 8.61. The average molecular weight is 803 g/mol. The van der Waals surface area contributed by atoms with Gasteiger partial charge >= 0.3 is 11.9 Å². The number of pyridine rings is 1. The van der Waals surface area contributed by atoms with Gasteiger partial charge in [-0.1, -0.05) is 47.7 Å². The highest BCUT2D eigenvalue weighted by Crippen LogP contribution is 2.36. The van der Waals surface area contributed by atoms with Gasteiger partial charge in [-0.05, 0) is 112 Å². The Hall–Kier alpha value is -5.37. The van der Waals surface area contributed by atoms with Crippen molar-refractivity contribution in [1.29, 1.82) is 0 Å².